The van der Waals surface area contributed by atoms with Gasteiger partial charge in [0.2, 0.25) is 6.04 Å². The Labute approximate surface area is 178 Å². The largest absolute Gasteiger partial charge is 0.481 e. The summed E-state index contributed by atoms with van der Waals surface area (Å²) < 4.78 is 1.85. The molecule has 0 spiro atoms. The molecule has 2 aromatic heterocycles. The smallest absolute Gasteiger partial charge is 0.307 e. The lowest BCUT2D eigenvalue weighted by molar-refractivity contribution is -0.141. The van der Waals surface area contributed by atoms with Gasteiger partial charge in [-0.15, -0.1) is 0 Å². The van der Waals surface area contributed by atoms with Crippen molar-refractivity contribution < 1.29 is 9.90 Å². The normalized spacial score (nSPS) is 22.7. The van der Waals surface area contributed by atoms with Crippen LogP contribution in [0.5, 0.6) is 0 Å². The zero-order valence-corrected chi connectivity index (χ0v) is 17.0. The summed E-state index contributed by atoms with van der Waals surface area (Å²) in [6.07, 6.45) is 6.46. The van der Waals surface area contributed by atoms with E-state index in [0.29, 0.717) is 24.0 Å². The zero-order chi connectivity index (χ0) is 21.5. The van der Waals surface area contributed by atoms with E-state index in [1.54, 1.807) is 6.20 Å². The quantitative estimate of drug-likeness (QED) is 0.562. The number of nitrogens with one attached hydrogen (secondary N) is 2. The van der Waals surface area contributed by atoms with Gasteiger partial charge in [0.15, 0.2) is 5.82 Å². The fourth-order valence-electron chi connectivity index (χ4n) is 4.97. The van der Waals surface area contributed by atoms with Gasteiger partial charge in [0, 0.05) is 18.3 Å². The number of pyridine rings is 1. The molecule has 2 aliphatic rings. The molecule has 5 rings (SSSR count). The first-order valence-electron chi connectivity index (χ1n) is 10.6. The summed E-state index contributed by atoms with van der Waals surface area (Å²) in [5.74, 6) is -0.701. The Kier molecular flexibility index (Phi) is 4.74. The molecule has 1 unspecified atom stereocenters. The van der Waals surface area contributed by atoms with Crippen molar-refractivity contribution in [3.05, 3.63) is 63.4 Å². The number of H-pyrrole nitrogens is 1. The Morgan fingerprint density at radius 1 is 1.23 bits per heavy atom. The van der Waals surface area contributed by atoms with Crippen molar-refractivity contribution in [1.82, 2.24) is 14.8 Å². The zero-order valence-electron chi connectivity index (χ0n) is 17.0. The van der Waals surface area contributed by atoms with Gasteiger partial charge in [-0.3, -0.25) is 14.3 Å². The highest BCUT2D eigenvalue weighted by atomic mass is 16.4. The average Bonchev–Trinajstić information content (AvgIpc) is 3.36. The number of aromatic amines is 1. The summed E-state index contributed by atoms with van der Waals surface area (Å²) in [5, 5.41) is 17.8. The van der Waals surface area contributed by atoms with E-state index in [1.165, 1.54) is 0 Å². The van der Waals surface area contributed by atoms with E-state index in [-0.39, 0.29) is 23.6 Å². The number of carbonyl (C=O) groups is 1. The summed E-state index contributed by atoms with van der Waals surface area (Å²) in [5.41, 5.74) is 3.32. The molecule has 2 heterocycles. The lowest BCUT2D eigenvalue weighted by atomic mass is 9.91. The summed E-state index contributed by atoms with van der Waals surface area (Å²) in [7, 11) is 0. The highest BCUT2D eigenvalue weighted by Gasteiger charge is 2.34. The van der Waals surface area contributed by atoms with Crippen LogP contribution in [0.2, 0.25) is 0 Å². The molecule has 1 saturated carbocycles. The van der Waals surface area contributed by atoms with Gasteiger partial charge in [-0.05, 0) is 55.0 Å². The summed E-state index contributed by atoms with van der Waals surface area (Å²) in [6, 6.07) is 7.43. The molecule has 0 saturated heterocycles. The van der Waals surface area contributed by atoms with Crippen LogP contribution in [0.1, 0.15) is 42.9 Å². The first kappa shape index (κ1) is 19.4. The number of carboxylic acids is 1. The van der Waals surface area contributed by atoms with Gasteiger partial charge in [-0.25, -0.2) is 6.57 Å². The van der Waals surface area contributed by atoms with Gasteiger partial charge in [-0.2, -0.15) is 5.10 Å². The van der Waals surface area contributed by atoms with Crippen LogP contribution in [0.3, 0.4) is 0 Å². The van der Waals surface area contributed by atoms with E-state index in [1.807, 2.05) is 28.9 Å². The maximum absolute atomic E-state index is 12.7. The Balaban J connectivity index is 1.53. The number of rotatable bonds is 4. The van der Waals surface area contributed by atoms with E-state index >= 15 is 0 Å². The predicted molar refractivity (Wildman–Crippen MR) is 117 cm³/mol. The van der Waals surface area contributed by atoms with Crippen molar-refractivity contribution >= 4 is 28.4 Å². The molecule has 3 atom stereocenters. The molecule has 1 aromatic carbocycles. The maximum Gasteiger partial charge on any atom is 0.307 e. The van der Waals surface area contributed by atoms with E-state index in [2.05, 4.69) is 15.1 Å². The molecule has 3 N–H and O–H groups in total. The van der Waals surface area contributed by atoms with Crippen LogP contribution >= 0.6 is 0 Å². The van der Waals surface area contributed by atoms with Crippen molar-refractivity contribution in [2.75, 3.05) is 5.32 Å². The minimum absolute atomic E-state index is 0.0533. The van der Waals surface area contributed by atoms with Crippen LogP contribution in [0.25, 0.3) is 15.7 Å². The van der Waals surface area contributed by atoms with E-state index in [9.17, 15) is 14.7 Å². The van der Waals surface area contributed by atoms with Gasteiger partial charge in [0.1, 0.15) is 11.4 Å². The van der Waals surface area contributed by atoms with Crippen LogP contribution in [-0.2, 0) is 17.6 Å². The minimum atomic E-state index is -0.774. The number of fused-ring (bicyclic) bond motifs is 2. The monoisotopic (exact) mass is 417 g/mol. The Hall–Kier alpha value is -3.60. The van der Waals surface area contributed by atoms with Gasteiger partial charge in [0.05, 0.1) is 11.4 Å². The molecule has 31 heavy (non-hydrogen) atoms. The first-order chi connectivity index (χ1) is 15.0. The lowest BCUT2D eigenvalue weighted by Gasteiger charge is -2.24. The number of benzene rings is 1. The molecule has 1 fully saturated rings. The van der Waals surface area contributed by atoms with Gasteiger partial charge >= 0.3 is 5.97 Å². The second-order valence-corrected chi connectivity index (χ2v) is 8.46. The molecule has 0 aliphatic heterocycles. The molecule has 8 heteroatoms. The highest BCUT2D eigenvalue weighted by Crippen LogP contribution is 2.35. The molecule has 158 valence electrons. The summed E-state index contributed by atoms with van der Waals surface area (Å²) >= 11 is 0. The standard InChI is InChI=1S/C23H23N5O3/c1-24-17-4-2-3-5-18(17)28-19-8-9-25-22(29)20(19)21(27-28)26-16-7-6-13-10-15(23(30)31)11-14(13)12-16/h6-9,12,15,17-18H,2-5,10-11H2,(H,25,29)(H,26,27)(H,30,31)/t15?,17-,18-/m0/s1. The average molecular weight is 417 g/mol. The van der Waals surface area contributed by atoms with E-state index < -0.39 is 5.97 Å². The lowest BCUT2D eigenvalue weighted by Crippen LogP contribution is -2.26. The molecule has 0 bridgehead atoms. The third-order valence-corrected chi connectivity index (χ3v) is 6.55. The van der Waals surface area contributed by atoms with E-state index in [4.69, 9.17) is 11.7 Å². The Bertz CT molecular complexity index is 1270. The van der Waals surface area contributed by atoms with Crippen molar-refractivity contribution in [1.29, 1.82) is 0 Å². The Morgan fingerprint density at radius 3 is 2.84 bits per heavy atom. The van der Waals surface area contributed by atoms with Crippen molar-refractivity contribution in [3.63, 3.8) is 0 Å². The van der Waals surface area contributed by atoms with E-state index in [0.717, 1.165) is 48.0 Å². The predicted octanol–water partition coefficient (Wildman–Crippen LogP) is 3.67. The molecule has 0 radical (unpaired) electrons. The first-order valence-corrected chi connectivity index (χ1v) is 10.6. The third kappa shape index (κ3) is 3.36. The van der Waals surface area contributed by atoms with Crippen LogP contribution in [-0.4, -0.2) is 31.9 Å². The van der Waals surface area contributed by atoms with Crippen molar-refractivity contribution in [2.24, 2.45) is 5.92 Å². The minimum Gasteiger partial charge on any atom is -0.481 e. The number of anilines is 2. The van der Waals surface area contributed by atoms with Crippen molar-refractivity contribution in [2.45, 2.75) is 50.6 Å². The number of hydrogen-bond acceptors (Lipinski definition) is 4. The fourth-order valence-corrected chi connectivity index (χ4v) is 4.97. The summed E-state index contributed by atoms with van der Waals surface area (Å²) in [6.45, 7) is 7.59. The molecular weight excluding hydrogens is 394 g/mol. The van der Waals surface area contributed by atoms with Crippen LogP contribution in [0.4, 0.5) is 11.5 Å². The number of aromatic nitrogens is 3. The molecule has 8 nitrogen and oxygen atoms in total. The van der Waals surface area contributed by atoms with Gasteiger partial charge in [0.25, 0.3) is 5.56 Å². The van der Waals surface area contributed by atoms with Gasteiger partial charge < -0.3 is 20.3 Å². The Morgan fingerprint density at radius 2 is 2.03 bits per heavy atom. The third-order valence-electron chi connectivity index (χ3n) is 6.55. The van der Waals surface area contributed by atoms with Gasteiger partial charge in [-0.1, -0.05) is 12.5 Å². The summed E-state index contributed by atoms with van der Waals surface area (Å²) in [4.78, 5) is 30.6. The topological polar surface area (TPSA) is 104 Å². The fraction of sp³-hybridized carbons (Fsp3) is 0.391. The molecule has 0 amide bonds. The second-order valence-electron chi connectivity index (χ2n) is 8.46. The van der Waals surface area contributed by atoms with Crippen LogP contribution in [0.15, 0.2) is 35.3 Å². The number of carboxylic acid groups (broad SMARTS) is 1. The molecule has 3 aromatic rings. The molecule has 2 aliphatic carbocycles. The van der Waals surface area contributed by atoms with Crippen LogP contribution < -0.4 is 10.9 Å². The van der Waals surface area contributed by atoms with Crippen molar-refractivity contribution in [3.8, 4) is 0 Å². The number of nitrogens with zero attached hydrogens (tertiary/aromatic N) is 3. The number of hydrogen-bond donors (Lipinski definition) is 3. The number of aliphatic carboxylic acids is 1. The SMILES string of the molecule is [C-]#[N+][C@H]1CCCC[C@@H]1n1nc(Nc2ccc3c(c2)CC(C(=O)O)C3)c2c(=O)[nH]ccc21. The highest BCUT2D eigenvalue weighted by molar-refractivity contribution is 5.91. The second kappa shape index (κ2) is 7.58. The maximum atomic E-state index is 12.7. The van der Waals surface area contributed by atoms with Crippen LogP contribution in [0, 0.1) is 12.5 Å². The molecular formula is C23H23N5O3.